The van der Waals surface area contributed by atoms with Crippen LogP contribution in [0.25, 0.3) is 0 Å². The molecule has 1 N–H and O–H groups in total. The number of carboxylic acids is 1. The third kappa shape index (κ3) is 60.7. The summed E-state index contributed by atoms with van der Waals surface area (Å²) < 4.78 is 22.9. The lowest BCUT2D eigenvalue weighted by Crippen LogP contribution is -2.40. The van der Waals surface area contributed by atoms with Crippen molar-refractivity contribution in [1.82, 2.24) is 0 Å². The van der Waals surface area contributed by atoms with E-state index in [9.17, 15) is 19.5 Å². The normalized spacial score (nSPS) is 13.0. The number of allylic oxidation sites excluding steroid dienone is 8. The number of carboxylic acid groups (broad SMARTS) is 1. The van der Waals surface area contributed by atoms with Gasteiger partial charge in [-0.05, 0) is 70.6 Å². The molecule has 0 radical (unpaired) electrons. The first-order chi connectivity index (χ1) is 37.6. The van der Waals surface area contributed by atoms with Crippen LogP contribution in [0, 0.1) is 0 Å². The number of hydrogen-bond donors (Lipinski definition) is 1. The van der Waals surface area contributed by atoms with Crippen molar-refractivity contribution in [2.75, 3.05) is 47.5 Å². The van der Waals surface area contributed by atoms with Gasteiger partial charge in [0.1, 0.15) is 13.2 Å². The van der Waals surface area contributed by atoms with Gasteiger partial charge in [-0.15, -0.1) is 0 Å². The van der Waals surface area contributed by atoms with Crippen LogP contribution >= 0.6 is 0 Å². The molecular weight excluding hydrogens is 959 g/mol. The van der Waals surface area contributed by atoms with E-state index in [1.165, 1.54) is 205 Å². The summed E-state index contributed by atoms with van der Waals surface area (Å²) in [6, 6.07) is 0. The van der Waals surface area contributed by atoms with Crippen molar-refractivity contribution >= 4 is 17.9 Å². The monoisotopic (exact) mass is 1080 g/mol. The van der Waals surface area contributed by atoms with Gasteiger partial charge in [-0.25, -0.2) is 4.79 Å². The molecule has 0 amide bonds. The Morgan fingerprint density at radius 3 is 1.12 bits per heavy atom. The molecule has 77 heavy (non-hydrogen) atoms. The van der Waals surface area contributed by atoms with Crippen molar-refractivity contribution in [3.63, 3.8) is 0 Å². The van der Waals surface area contributed by atoms with Gasteiger partial charge in [0.15, 0.2) is 6.10 Å². The minimum atomic E-state index is -1.51. The molecule has 0 bridgehead atoms. The minimum absolute atomic E-state index is 0.184. The SMILES string of the molecule is CC/C=C\C/C=C\C/C=C\CCCCCCCC(=O)OC(COC(=O)CCCCCCCCCCCCCCCCCCCCCCCCCCC/C=C\CCCCCCCCCC)COC(OCC[N+](C)(C)C)C(=O)O. The predicted molar refractivity (Wildman–Crippen MR) is 327 cm³/mol. The van der Waals surface area contributed by atoms with Crippen molar-refractivity contribution in [2.24, 2.45) is 0 Å². The molecule has 0 rings (SSSR count). The molecule has 2 atom stereocenters. The number of ether oxygens (including phenoxy) is 4. The number of quaternary nitrogens is 1. The lowest BCUT2D eigenvalue weighted by molar-refractivity contribution is -0.870. The Bertz CT molecular complexity index is 1400. The van der Waals surface area contributed by atoms with E-state index in [1.54, 1.807) is 0 Å². The van der Waals surface area contributed by atoms with Crippen LogP contribution in [-0.2, 0) is 33.3 Å². The molecule has 0 spiro atoms. The van der Waals surface area contributed by atoms with E-state index >= 15 is 0 Å². The van der Waals surface area contributed by atoms with Crippen molar-refractivity contribution in [2.45, 2.75) is 322 Å². The van der Waals surface area contributed by atoms with Crippen molar-refractivity contribution in [1.29, 1.82) is 0 Å². The average Bonchev–Trinajstić information content (AvgIpc) is 3.40. The van der Waals surface area contributed by atoms with Crippen LogP contribution in [0.4, 0.5) is 0 Å². The van der Waals surface area contributed by atoms with E-state index in [-0.39, 0.29) is 32.2 Å². The minimum Gasteiger partial charge on any atom is -0.477 e. The van der Waals surface area contributed by atoms with E-state index < -0.39 is 24.3 Å². The number of aliphatic carboxylic acids is 1. The molecule has 0 aromatic carbocycles. The highest BCUT2D eigenvalue weighted by atomic mass is 16.7. The van der Waals surface area contributed by atoms with Gasteiger partial charge in [-0.2, -0.15) is 0 Å². The topological polar surface area (TPSA) is 108 Å². The highest BCUT2D eigenvalue weighted by Gasteiger charge is 2.25. The molecule has 0 saturated carbocycles. The van der Waals surface area contributed by atoms with Gasteiger partial charge in [0.25, 0.3) is 6.29 Å². The smallest absolute Gasteiger partial charge is 0.361 e. The van der Waals surface area contributed by atoms with Crippen LogP contribution in [-0.4, -0.2) is 87.4 Å². The van der Waals surface area contributed by atoms with Gasteiger partial charge >= 0.3 is 17.9 Å². The standard InChI is InChI=1S/C68H125NO8/c1-6-8-10-12-14-16-18-20-22-23-24-25-26-27-28-29-30-31-32-33-34-35-36-37-38-39-40-41-42-43-45-46-48-50-52-54-56-58-65(70)75-62-64(63-76-68(67(72)73)74-61-60-69(3,4)5)77-66(71)59-57-55-53-51-49-47-44-21-19-17-15-13-11-9-7-2/h9,11,15,17,21,23-24,44,64,68H,6-8,10,12-14,16,18-20,22,25-43,45-63H2,1-5H3/p+1/b11-9-,17-15-,24-23-,44-21-. The van der Waals surface area contributed by atoms with E-state index in [0.29, 0.717) is 23.9 Å². The quantitative estimate of drug-likeness (QED) is 0.0211. The third-order valence-corrected chi connectivity index (χ3v) is 14.6. The molecule has 0 heterocycles. The second-order valence-corrected chi connectivity index (χ2v) is 23.4. The molecule has 0 fully saturated rings. The summed E-state index contributed by atoms with van der Waals surface area (Å²) >= 11 is 0. The number of nitrogens with zero attached hydrogens (tertiary/aromatic N) is 1. The second kappa shape index (κ2) is 59.4. The molecule has 0 aliphatic rings. The van der Waals surface area contributed by atoms with E-state index in [0.717, 1.165) is 70.6 Å². The summed E-state index contributed by atoms with van der Waals surface area (Å²) in [5.41, 5.74) is 0. The zero-order valence-electron chi connectivity index (χ0n) is 51.4. The highest BCUT2D eigenvalue weighted by molar-refractivity contribution is 5.71. The Labute approximate surface area is 476 Å². The fourth-order valence-corrected chi connectivity index (χ4v) is 9.56. The van der Waals surface area contributed by atoms with Crippen LogP contribution in [0.3, 0.4) is 0 Å². The molecule has 9 nitrogen and oxygen atoms in total. The molecule has 2 unspecified atom stereocenters. The van der Waals surface area contributed by atoms with Gasteiger partial charge in [0.2, 0.25) is 0 Å². The Kier molecular flexibility index (Phi) is 57.3. The summed E-state index contributed by atoms with van der Waals surface area (Å²) in [4.78, 5) is 37.4. The Hall–Kier alpha value is -2.75. The highest BCUT2D eigenvalue weighted by Crippen LogP contribution is 2.18. The predicted octanol–water partition coefficient (Wildman–Crippen LogP) is 19.8. The van der Waals surface area contributed by atoms with E-state index in [4.69, 9.17) is 18.9 Å². The molecular formula is C68H126NO8+. The number of esters is 2. The largest absolute Gasteiger partial charge is 0.477 e. The Balaban J connectivity index is 3.95. The maximum Gasteiger partial charge on any atom is 0.361 e. The van der Waals surface area contributed by atoms with Crippen molar-refractivity contribution in [3.05, 3.63) is 48.6 Å². The zero-order valence-corrected chi connectivity index (χ0v) is 51.4. The van der Waals surface area contributed by atoms with E-state index in [1.807, 2.05) is 21.1 Å². The Morgan fingerprint density at radius 1 is 0.403 bits per heavy atom. The summed E-state index contributed by atoms with van der Waals surface area (Å²) in [6.07, 6.45) is 72.4. The molecule has 450 valence electrons. The van der Waals surface area contributed by atoms with Crippen LogP contribution in [0.5, 0.6) is 0 Å². The fourth-order valence-electron chi connectivity index (χ4n) is 9.56. The lowest BCUT2D eigenvalue weighted by Gasteiger charge is -2.25. The van der Waals surface area contributed by atoms with Gasteiger partial charge < -0.3 is 28.5 Å². The number of likely N-dealkylation sites (N-methyl/N-ethyl adjacent to an activating group) is 1. The van der Waals surface area contributed by atoms with E-state index in [2.05, 4.69) is 62.5 Å². The van der Waals surface area contributed by atoms with Crippen LogP contribution in [0.2, 0.25) is 0 Å². The van der Waals surface area contributed by atoms with Crippen LogP contribution in [0.1, 0.15) is 309 Å². The van der Waals surface area contributed by atoms with Crippen LogP contribution in [0.15, 0.2) is 48.6 Å². The van der Waals surface area contributed by atoms with Gasteiger partial charge in [0, 0.05) is 12.8 Å². The molecule has 0 saturated heterocycles. The zero-order chi connectivity index (χ0) is 56.2. The molecule has 0 aromatic heterocycles. The fraction of sp³-hybridized carbons (Fsp3) is 0.838. The summed E-state index contributed by atoms with van der Waals surface area (Å²) in [5.74, 6) is -2.02. The number of hydrogen-bond acceptors (Lipinski definition) is 7. The van der Waals surface area contributed by atoms with Crippen molar-refractivity contribution in [3.8, 4) is 0 Å². The van der Waals surface area contributed by atoms with Crippen molar-refractivity contribution < 1.29 is 42.9 Å². The summed E-state index contributed by atoms with van der Waals surface area (Å²) in [7, 11) is 5.97. The molecule has 0 aliphatic carbocycles. The molecule has 0 aromatic rings. The molecule has 9 heteroatoms. The number of unbranched alkanes of at least 4 members (excludes halogenated alkanes) is 38. The first-order valence-corrected chi connectivity index (χ1v) is 32.8. The number of carbonyl (C=O) groups is 3. The maximum atomic E-state index is 12.8. The van der Waals surface area contributed by atoms with Crippen LogP contribution < -0.4 is 0 Å². The van der Waals surface area contributed by atoms with Gasteiger partial charge in [-0.3, -0.25) is 9.59 Å². The number of carbonyl (C=O) groups excluding carboxylic acids is 2. The Morgan fingerprint density at radius 2 is 0.740 bits per heavy atom. The average molecular weight is 1090 g/mol. The molecule has 0 aliphatic heterocycles. The third-order valence-electron chi connectivity index (χ3n) is 14.6. The maximum absolute atomic E-state index is 12.8. The number of rotatable bonds is 61. The first-order valence-electron chi connectivity index (χ1n) is 32.8. The van der Waals surface area contributed by atoms with Gasteiger partial charge in [0.05, 0.1) is 34.4 Å². The first kappa shape index (κ1) is 74.2. The van der Waals surface area contributed by atoms with Gasteiger partial charge in [-0.1, -0.05) is 274 Å². The lowest BCUT2D eigenvalue weighted by atomic mass is 10.0. The second-order valence-electron chi connectivity index (χ2n) is 23.4. The summed E-state index contributed by atoms with van der Waals surface area (Å²) in [5, 5.41) is 9.70. The summed E-state index contributed by atoms with van der Waals surface area (Å²) in [6.45, 7) is 4.78.